The van der Waals surface area contributed by atoms with Crippen LogP contribution in [0.25, 0.3) is 0 Å². The standard InChI is InChI=1S/C11H14/c1-2-9-5-3-6-10-7-4-8-11(9)10/h3,5-6,10-11H,2,4,8H2,1H3. The Morgan fingerprint density at radius 3 is 3.36 bits per heavy atom. The number of rotatable bonds is 1. The van der Waals surface area contributed by atoms with Crippen LogP contribution in [-0.4, -0.2) is 0 Å². The maximum absolute atomic E-state index is 3.50. The molecular formula is C11H14. The fourth-order valence-corrected chi connectivity index (χ4v) is 2.15. The van der Waals surface area contributed by atoms with Crippen LogP contribution in [0, 0.1) is 18.3 Å². The molecule has 0 amide bonds. The third-order valence-electron chi connectivity index (χ3n) is 2.78. The minimum Gasteiger partial charge on any atom is -0.0802 e. The van der Waals surface area contributed by atoms with Crippen molar-refractivity contribution in [1.29, 1.82) is 0 Å². The number of hydrogen-bond donors (Lipinski definition) is 0. The summed E-state index contributed by atoms with van der Waals surface area (Å²) < 4.78 is 0. The number of allylic oxidation sites excluding steroid dienone is 4. The molecule has 0 aliphatic heterocycles. The lowest BCUT2D eigenvalue weighted by molar-refractivity contribution is 0.538. The normalized spacial score (nSPS) is 35.2. The van der Waals surface area contributed by atoms with Crippen LogP contribution in [-0.2, 0) is 0 Å². The maximum atomic E-state index is 3.50. The van der Waals surface area contributed by atoms with Gasteiger partial charge in [0.2, 0.25) is 0 Å². The Hall–Kier alpha value is -0.520. The van der Waals surface area contributed by atoms with E-state index in [1.807, 2.05) is 0 Å². The molecule has 1 saturated carbocycles. The van der Waals surface area contributed by atoms with Crippen molar-refractivity contribution in [2.24, 2.45) is 11.8 Å². The van der Waals surface area contributed by atoms with E-state index < -0.39 is 0 Å². The molecule has 0 nitrogen and oxygen atoms in total. The highest BCUT2D eigenvalue weighted by Gasteiger charge is 2.28. The second-order valence-electron chi connectivity index (χ2n) is 3.36. The quantitative estimate of drug-likeness (QED) is 0.533. The lowest BCUT2D eigenvalue weighted by Crippen LogP contribution is -2.10. The molecule has 1 fully saturated rings. The van der Waals surface area contributed by atoms with Crippen LogP contribution < -0.4 is 0 Å². The molecule has 0 saturated heterocycles. The van der Waals surface area contributed by atoms with E-state index in [1.165, 1.54) is 19.3 Å². The van der Waals surface area contributed by atoms with Crippen molar-refractivity contribution >= 4 is 0 Å². The molecular weight excluding hydrogens is 132 g/mol. The molecule has 2 aliphatic rings. The summed E-state index contributed by atoms with van der Waals surface area (Å²) in [6, 6.07) is 0. The molecule has 0 aromatic rings. The van der Waals surface area contributed by atoms with Crippen molar-refractivity contribution in [1.82, 2.24) is 0 Å². The molecule has 2 radical (unpaired) electrons. The zero-order chi connectivity index (χ0) is 7.68. The second kappa shape index (κ2) is 2.84. The van der Waals surface area contributed by atoms with E-state index in [2.05, 4.69) is 31.6 Å². The summed E-state index contributed by atoms with van der Waals surface area (Å²) >= 11 is 0. The Labute approximate surface area is 69.0 Å². The van der Waals surface area contributed by atoms with Gasteiger partial charge in [-0.3, -0.25) is 0 Å². The lowest BCUT2D eigenvalue weighted by atomic mass is 9.84. The van der Waals surface area contributed by atoms with Gasteiger partial charge in [0.15, 0.2) is 0 Å². The monoisotopic (exact) mass is 146 g/mol. The van der Waals surface area contributed by atoms with Gasteiger partial charge in [0.1, 0.15) is 0 Å². The van der Waals surface area contributed by atoms with Crippen LogP contribution in [0.2, 0.25) is 0 Å². The van der Waals surface area contributed by atoms with Gasteiger partial charge in [-0.15, -0.1) is 0 Å². The Kier molecular flexibility index (Phi) is 1.85. The van der Waals surface area contributed by atoms with E-state index in [4.69, 9.17) is 0 Å². The number of hydrogen-bond acceptors (Lipinski definition) is 0. The molecule has 0 aromatic heterocycles. The van der Waals surface area contributed by atoms with Gasteiger partial charge in [0.05, 0.1) is 0 Å². The second-order valence-corrected chi connectivity index (χ2v) is 3.36. The van der Waals surface area contributed by atoms with E-state index in [0.29, 0.717) is 5.92 Å². The zero-order valence-electron chi connectivity index (χ0n) is 7.01. The van der Waals surface area contributed by atoms with Crippen molar-refractivity contribution in [3.63, 3.8) is 0 Å². The topological polar surface area (TPSA) is 0 Å². The summed E-state index contributed by atoms with van der Waals surface area (Å²) in [4.78, 5) is 0. The molecule has 2 atom stereocenters. The van der Waals surface area contributed by atoms with Gasteiger partial charge >= 0.3 is 0 Å². The van der Waals surface area contributed by atoms with E-state index >= 15 is 0 Å². The first kappa shape index (κ1) is 7.15. The SMILES string of the molecule is CCC1=CC=CC2[C]CCC12. The first-order chi connectivity index (χ1) is 5.42. The summed E-state index contributed by atoms with van der Waals surface area (Å²) in [6.07, 6.45) is 14.0. The summed E-state index contributed by atoms with van der Waals surface area (Å²) in [7, 11) is 0. The molecule has 0 heterocycles. The predicted molar refractivity (Wildman–Crippen MR) is 47.0 cm³/mol. The fraction of sp³-hybridized carbons (Fsp3) is 0.545. The van der Waals surface area contributed by atoms with E-state index in [-0.39, 0.29) is 0 Å². The maximum Gasteiger partial charge on any atom is -0.00925 e. The minimum absolute atomic E-state index is 0.648. The Balaban J connectivity index is 2.19. The third kappa shape index (κ3) is 1.15. The Morgan fingerprint density at radius 2 is 2.55 bits per heavy atom. The summed E-state index contributed by atoms with van der Waals surface area (Å²) in [5.41, 5.74) is 1.63. The molecule has 0 N–H and O–H groups in total. The average Bonchev–Trinajstić information content (AvgIpc) is 2.50. The van der Waals surface area contributed by atoms with Gasteiger partial charge in [-0.05, 0) is 37.5 Å². The van der Waals surface area contributed by atoms with Crippen LogP contribution >= 0.6 is 0 Å². The first-order valence-electron chi connectivity index (χ1n) is 4.52. The van der Waals surface area contributed by atoms with Crippen molar-refractivity contribution in [3.05, 3.63) is 30.2 Å². The predicted octanol–water partition coefficient (Wildman–Crippen LogP) is 3.00. The molecule has 58 valence electrons. The molecule has 0 bridgehead atoms. The fourth-order valence-electron chi connectivity index (χ4n) is 2.15. The summed E-state index contributed by atoms with van der Waals surface area (Å²) in [6.45, 7) is 2.25. The molecule has 2 aliphatic carbocycles. The van der Waals surface area contributed by atoms with Crippen molar-refractivity contribution < 1.29 is 0 Å². The molecule has 2 unspecified atom stereocenters. The number of fused-ring (bicyclic) bond motifs is 1. The highest BCUT2D eigenvalue weighted by molar-refractivity contribution is 5.26. The smallest absolute Gasteiger partial charge is 0.00925 e. The van der Waals surface area contributed by atoms with Gasteiger partial charge in [0, 0.05) is 0 Å². The molecule has 0 heteroatoms. The minimum atomic E-state index is 0.648. The van der Waals surface area contributed by atoms with Crippen molar-refractivity contribution in [2.45, 2.75) is 26.2 Å². The average molecular weight is 146 g/mol. The van der Waals surface area contributed by atoms with Crippen molar-refractivity contribution in [3.8, 4) is 0 Å². The van der Waals surface area contributed by atoms with Gasteiger partial charge in [-0.2, -0.15) is 0 Å². The van der Waals surface area contributed by atoms with Crippen LogP contribution in [0.15, 0.2) is 23.8 Å². The molecule has 2 rings (SSSR count). The van der Waals surface area contributed by atoms with Crippen LogP contribution in [0.5, 0.6) is 0 Å². The third-order valence-corrected chi connectivity index (χ3v) is 2.78. The first-order valence-corrected chi connectivity index (χ1v) is 4.52. The van der Waals surface area contributed by atoms with Gasteiger partial charge < -0.3 is 0 Å². The largest absolute Gasteiger partial charge is 0.0802 e. The van der Waals surface area contributed by atoms with Crippen LogP contribution in [0.4, 0.5) is 0 Å². The van der Waals surface area contributed by atoms with E-state index in [1.54, 1.807) is 5.57 Å². The van der Waals surface area contributed by atoms with Gasteiger partial charge in [-0.25, -0.2) is 0 Å². The zero-order valence-corrected chi connectivity index (χ0v) is 7.01. The van der Waals surface area contributed by atoms with Gasteiger partial charge in [0.25, 0.3) is 0 Å². The lowest BCUT2D eigenvalue weighted by Gasteiger charge is -2.21. The molecule has 11 heavy (non-hydrogen) atoms. The van der Waals surface area contributed by atoms with Crippen LogP contribution in [0.3, 0.4) is 0 Å². The van der Waals surface area contributed by atoms with E-state index in [9.17, 15) is 0 Å². The molecule has 0 aromatic carbocycles. The van der Waals surface area contributed by atoms with E-state index in [0.717, 1.165) is 5.92 Å². The van der Waals surface area contributed by atoms with Crippen LogP contribution in [0.1, 0.15) is 26.2 Å². The highest BCUT2D eigenvalue weighted by atomic mass is 14.3. The Bertz CT molecular complexity index is 198. The highest BCUT2D eigenvalue weighted by Crippen LogP contribution is 2.40. The summed E-state index contributed by atoms with van der Waals surface area (Å²) in [5, 5.41) is 0. The van der Waals surface area contributed by atoms with Gasteiger partial charge in [-0.1, -0.05) is 30.7 Å². The van der Waals surface area contributed by atoms with Crippen molar-refractivity contribution in [2.75, 3.05) is 0 Å². The summed E-state index contributed by atoms with van der Waals surface area (Å²) in [5.74, 6) is 1.46. The Morgan fingerprint density at radius 1 is 1.64 bits per heavy atom. The molecule has 0 spiro atoms.